The van der Waals surface area contributed by atoms with E-state index in [-0.39, 0.29) is 24.9 Å². The van der Waals surface area contributed by atoms with Gasteiger partial charge in [-0.25, -0.2) is 13.9 Å². The van der Waals surface area contributed by atoms with Crippen molar-refractivity contribution in [1.82, 2.24) is 14.8 Å². The van der Waals surface area contributed by atoms with Gasteiger partial charge >= 0.3 is 5.97 Å². The van der Waals surface area contributed by atoms with Crippen LogP contribution in [0.1, 0.15) is 37.9 Å². The van der Waals surface area contributed by atoms with Crippen LogP contribution >= 0.6 is 0 Å². The standard InChI is InChI=1S/C25H26FN5O3/c1-4-17-6-12-20(13-7-17)29-21(32)14-30-16(3)22(24(33)34-5-2)23(31-25(30)27-15-28-31)18-8-10-19(26)11-9-18/h6-13,15,23H,4-5,14H2,1-3H3,(H,29,32)/t23-/m1/s1. The highest BCUT2D eigenvalue weighted by Crippen LogP contribution is 2.38. The maximum atomic E-state index is 13.6. The number of aromatic nitrogens is 3. The van der Waals surface area contributed by atoms with Crippen molar-refractivity contribution < 1.29 is 18.7 Å². The van der Waals surface area contributed by atoms with Crippen LogP contribution in [0.25, 0.3) is 0 Å². The van der Waals surface area contributed by atoms with Gasteiger partial charge in [0.15, 0.2) is 0 Å². The maximum Gasteiger partial charge on any atom is 0.338 e. The highest BCUT2D eigenvalue weighted by atomic mass is 19.1. The Labute approximate surface area is 197 Å². The fraction of sp³-hybridized carbons (Fsp3) is 0.280. The van der Waals surface area contributed by atoms with Gasteiger partial charge in [-0.2, -0.15) is 10.1 Å². The molecule has 1 aromatic heterocycles. The molecule has 2 aromatic carbocycles. The van der Waals surface area contributed by atoms with E-state index < -0.39 is 12.0 Å². The normalized spacial score (nSPS) is 15.2. The topological polar surface area (TPSA) is 89.3 Å². The first-order valence-electron chi connectivity index (χ1n) is 11.1. The molecule has 1 atom stereocenters. The van der Waals surface area contributed by atoms with Gasteiger partial charge in [0, 0.05) is 11.4 Å². The van der Waals surface area contributed by atoms with Gasteiger partial charge in [0.25, 0.3) is 0 Å². The maximum absolute atomic E-state index is 13.6. The molecule has 0 aliphatic carbocycles. The van der Waals surface area contributed by atoms with Crippen LogP contribution in [0.15, 0.2) is 66.1 Å². The number of rotatable bonds is 7. The Balaban J connectivity index is 1.69. The molecular weight excluding hydrogens is 437 g/mol. The van der Waals surface area contributed by atoms with Gasteiger partial charge in [0.1, 0.15) is 24.7 Å². The van der Waals surface area contributed by atoms with Crippen LogP contribution in [-0.4, -0.2) is 39.8 Å². The predicted octanol–water partition coefficient (Wildman–Crippen LogP) is 3.86. The number of fused-ring (bicyclic) bond motifs is 1. The Hall–Kier alpha value is -4.01. The molecule has 0 fully saturated rings. The Morgan fingerprint density at radius 3 is 2.44 bits per heavy atom. The van der Waals surface area contributed by atoms with Crippen LogP contribution in [0.5, 0.6) is 0 Å². The van der Waals surface area contributed by atoms with E-state index in [1.165, 1.54) is 24.0 Å². The number of nitrogens with zero attached hydrogens (tertiary/aromatic N) is 4. The van der Waals surface area contributed by atoms with E-state index in [1.807, 2.05) is 24.3 Å². The molecule has 9 heteroatoms. The number of anilines is 2. The summed E-state index contributed by atoms with van der Waals surface area (Å²) in [4.78, 5) is 31.9. The number of carbonyl (C=O) groups is 2. The van der Waals surface area contributed by atoms with Gasteiger partial charge in [-0.15, -0.1) is 0 Å². The average molecular weight is 464 g/mol. The summed E-state index contributed by atoms with van der Waals surface area (Å²) in [6.07, 6.45) is 2.27. The van der Waals surface area contributed by atoms with E-state index >= 15 is 0 Å². The zero-order chi connectivity index (χ0) is 24.2. The molecule has 0 saturated heterocycles. The lowest BCUT2D eigenvalue weighted by atomic mass is 9.95. The van der Waals surface area contributed by atoms with E-state index in [1.54, 1.807) is 35.6 Å². The summed E-state index contributed by atoms with van der Waals surface area (Å²) in [5.74, 6) is -0.795. The molecule has 0 bridgehead atoms. The zero-order valence-corrected chi connectivity index (χ0v) is 19.3. The molecule has 0 radical (unpaired) electrons. The minimum atomic E-state index is -0.668. The van der Waals surface area contributed by atoms with E-state index in [4.69, 9.17) is 4.74 Å². The van der Waals surface area contributed by atoms with Crippen molar-refractivity contribution in [3.8, 4) is 0 Å². The molecule has 176 valence electrons. The number of hydrogen-bond donors (Lipinski definition) is 1. The number of esters is 1. The SMILES string of the molecule is CCOC(=O)C1=C(C)N(CC(=O)Nc2ccc(CC)cc2)c2ncnn2[C@@H]1c1ccc(F)cc1. The monoisotopic (exact) mass is 463 g/mol. The third kappa shape index (κ3) is 4.54. The second-order valence-corrected chi connectivity index (χ2v) is 7.86. The van der Waals surface area contributed by atoms with E-state index in [0.717, 1.165) is 6.42 Å². The van der Waals surface area contributed by atoms with Gasteiger partial charge < -0.3 is 15.0 Å². The summed E-state index contributed by atoms with van der Waals surface area (Å²) >= 11 is 0. The molecule has 1 aliphatic rings. The minimum absolute atomic E-state index is 0.0842. The van der Waals surface area contributed by atoms with Gasteiger partial charge in [-0.3, -0.25) is 4.79 Å². The average Bonchev–Trinajstić information content (AvgIpc) is 3.31. The van der Waals surface area contributed by atoms with Gasteiger partial charge in [-0.05, 0) is 55.7 Å². The third-order valence-corrected chi connectivity index (χ3v) is 5.74. The first-order valence-corrected chi connectivity index (χ1v) is 11.1. The summed E-state index contributed by atoms with van der Waals surface area (Å²) in [7, 11) is 0. The van der Waals surface area contributed by atoms with E-state index in [0.29, 0.717) is 28.5 Å². The largest absolute Gasteiger partial charge is 0.463 e. The summed E-state index contributed by atoms with van der Waals surface area (Å²) in [5, 5.41) is 7.21. The van der Waals surface area contributed by atoms with Gasteiger partial charge in [0.2, 0.25) is 11.9 Å². The van der Waals surface area contributed by atoms with Crippen LogP contribution < -0.4 is 10.2 Å². The number of carbonyl (C=O) groups excluding carboxylic acids is 2. The van der Waals surface area contributed by atoms with Crippen molar-refractivity contribution in [2.24, 2.45) is 0 Å². The smallest absolute Gasteiger partial charge is 0.338 e. The highest BCUT2D eigenvalue weighted by Gasteiger charge is 2.38. The summed E-state index contributed by atoms with van der Waals surface area (Å²) in [6.45, 7) is 5.63. The molecule has 2 heterocycles. The Morgan fingerprint density at radius 1 is 1.09 bits per heavy atom. The third-order valence-electron chi connectivity index (χ3n) is 5.74. The lowest BCUT2D eigenvalue weighted by molar-refractivity contribution is -0.139. The lowest BCUT2D eigenvalue weighted by Gasteiger charge is -2.35. The van der Waals surface area contributed by atoms with Crippen molar-refractivity contribution >= 4 is 23.5 Å². The highest BCUT2D eigenvalue weighted by molar-refractivity contribution is 5.96. The van der Waals surface area contributed by atoms with Crippen molar-refractivity contribution in [2.75, 3.05) is 23.4 Å². The molecule has 3 aromatic rings. The number of aryl methyl sites for hydroxylation is 1. The summed E-state index contributed by atoms with van der Waals surface area (Å²) in [5.41, 5.74) is 3.33. The Kier molecular flexibility index (Phi) is 6.72. The molecule has 1 amide bonds. The van der Waals surface area contributed by atoms with Gasteiger partial charge in [0.05, 0.1) is 12.2 Å². The Bertz CT molecular complexity index is 1220. The molecule has 1 N–H and O–H groups in total. The zero-order valence-electron chi connectivity index (χ0n) is 19.3. The van der Waals surface area contributed by atoms with Crippen LogP contribution in [0.4, 0.5) is 16.0 Å². The predicted molar refractivity (Wildman–Crippen MR) is 126 cm³/mol. The summed E-state index contributed by atoms with van der Waals surface area (Å²) < 4.78 is 20.5. The van der Waals surface area contributed by atoms with Crippen molar-refractivity contribution in [2.45, 2.75) is 33.2 Å². The fourth-order valence-corrected chi connectivity index (χ4v) is 4.01. The molecule has 0 saturated carbocycles. The molecule has 0 unspecified atom stereocenters. The number of halogens is 1. The lowest BCUT2D eigenvalue weighted by Crippen LogP contribution is -2.40. The van der Waals surface area contributed by atoms with Crippen LogP contribution in [0.2, 0.25) is 0 Å². The first kappa shape index (κ1) is 23.2. The van der Waals surface area contributed by atoms with Crippen molar-refractivity contribution in [1.29, 1.82) is 0 Å². The molecule has 8 nitrogen and oxygen atoms in total. The van der Waals surface area contributed by atoms with E-state index in [9.17, 15) is 14.0 Å². The molecule has 34 heavy (non-hydrogen) atoms. The van der Waals surface area contributed by atoms with Crippen molar-refractivity contribution in [3.05, 3.63) is 83.1 Å². The van der Waals surface area contributed by atoms with E-state index in [2.05, 4.69) is 22.3 Å². The number of nitrogens with one attached hydrogen (secondary N) is 1. The molecule has 1 aliphatic heterocycles. The quantitative estimate of drug-likeness (QED) is 0.535. The Morgan fingerprint density at radius 2 is 1.79 bits per heavy atom. The number of amides is 1. The van der Waals surface area contributed by atoms with Crippen LogP contribution in [0, 0.1) is 5.82 Å². The number of benzene rings is 2. The van der Waals surface area contributed by atoms with Crippen molar-refractivity contribution in [3.63, 3.8) is 0 Å². The minimum Gasteiger partial charge on any atom is -0.463 e. The summed E-state index contributed by atoms with van der Waals surface area (Å²) in [6, 6.07) is 12.8. The molecule has 0 spiro atoms. The second-order valence-electron chi connectivity index (χ2n) is 7.86. The second kappa shape index (κ2) is 9.86. The van der Waals surface area contributed by atoms with Crippen LogP contribution in [-0.2, 0) is 20.7 Å². The number of ether oxygens (including phenoxy) is 1. The van der Waals surface area contributed by atoms with Crippen LogP contribution in [0.3, 0.4) is 0 Å². The number of hydrogen-bond acceptors (Lipinski definition) is 6. The molecular formula is C25H26FN5O3. The fourth-order valence-electron chi connectivity index (χ4n) is 4.01. The molecule has 4 rings (SSSR count). The number of allylic oxidation sites excluding steroid dienone is 1. The first-order chi connectivity index (χ1) is 16.4. The van der Waals surface area contributed by atoms with Gasteiger partial charge in [-0.1, -0.05) is 31.2 Å².